The number of phenols is 1. The molecular formula is C10H11BrO3. The van der Waals surface area contributed by atoms with E-state index in [2.05, 4.69) is 15.9 Å². The van der Waals surface area contributed by atoms with Gasteiger partial charge in [0.2, 0.25) is 0 Å². The van der Waals surface area contributed by atoms with Crippen LogP contribution in [0.2, 0.25) is 0 Å². The smallest absolute Gasteiger partial charge is 0.302 e. The molecule has 0 bridgehead atoms. The highest BCUT2D eigenvalue weighted by atomic mass is 79.9. The lowest BCUT2D eigenvalue weighted by molar-refractivity contribution is -0.142. The van der Waals surface area contributed by atoms with Gasteiger partial charge in [-0.1, -0.05) is 15.9 Å². The largest absolute Gasteiger partial charge is 0.508 e. The van der Waals surface area contributed by atoms with Gasteiger partial charge in [-0.3, -0.25) is 4.79 Å². The van der Waals surface area contributed by atoms with Gasteiger partial charge in [0.15, 0.2) is 0 Å². The Kier molecular flexibility index (Phi) is 3.52. The summed E-state index contributed by atoms with van der Waals surface area (Å²) in [4.78, 5) is 10.6. The molecule has 1 aromatic rings. The normalized spacial score (nSPS) is 9.93. The van der Waals surface area contributed by atoms with Crippen molar-refractivity contribution in [1.82, 2.24) is 0 Å². The van der Waals surface area contributed by atoms with Crippen LogP contribution < -0.4 is 0 Å². The quantitative estimate of drug-likeness (QED) is 0.830. The van der Waals surface area contributed by atoms with E-state index < -0.39 is 0 Å². The van der Waals surface area contributed by atoms with Gasteiger partial charge in [0.05, 0.1) is 0 Å². The minimum Gasteiger partial charge on any atom is -0.508 e. The van der Waals surface area contributed by atoms with Crippen LogP contribution in [-0.4, -0.2) is 11.1 Å². The third-order valence-electron chi connectivity index (χ3n) is 1.79. The number of carbonyl (C=O) groups excluding carboxylic acids is 1. The van der Waals surface area contributed by atoms with Gasteiger partial charge in [-0.15, -0.1) is 0 Å². The summed E-state index contributed by atoms with van der Waals surface area (Å²) in [7, 11) is 0. The average molecular weight is 259 g/mol. The van der Waals surface area contributed by atoms with Crippen molar-refractivity contribution in [1.29, 1.82) is 0 Å². The van der Waals surface area contributed by atoms with E-state index >= 15 is 0 Å². The third-order valence-corrected chi connectivity index (χ3v) is 2.65. The molecule has 0 aromatic heterocycles. The van der Waals surface area contributed by atoms with E-state index in [-0.39, 0.29) is 18.3 Å². The number of phenolic OH excluding ortho intramolecular Hbond substituents is 1. The molecule has 0 atom stereocenters. The Morgan fingerprint density at radius 2 is 2.21 bits per heavy atom. The zero-order valence-electron chi connectivity index (χ0n) is 8.00. The number of halogens is 1. The summed E-state index contributed by atoms with van der Waals surface area (Å²) in [6.45, 7) is 3.31. The molecule has 4 heteroatoms. The van der Waals surface area contributed by atoms with Gasteiger partial charge in [0.1, 0.15) is 12.4 Å². The molecule has 0 saturated carbocycles. The minimum absolute atomic E-state index is 0.0973. The molecule has 0 radical (unpaired) electrons. The number of hydrogen-bond donors (Lipinski definition) is 1. The lowest BCUT2D eigenvalue weighted by Gasteiger charge is -2.07. The van der Waals surface area contributed by atoms with Crippen LogP contribution in [0, 0.1) is 6.92 Å². The summed E-state index contributed by atoms with van der Waals surface area (Å²) in [6.07, 6.45) is 0. The van der Waals surface area contributed by atoms with E-state index in [1.165, 1.54) is 6.92 Å². The Morgan fingerprint density at radius 3 is 2.79 bits per heavy atom. The van der Waals surface area contributed by atoms with E-state index in [9.17, 15) is 9.90 Å². The number of esters is 1. The van der Waals surface area contributed by atoms with Crippen LogP contribution in [0.1, 0.15) is 18.1 Å². The zero-order chi connectivity index (χ0) is 10.7. The molecule has 1 N–H and O–H groups in total. The van der Waals surface area contributed by atoms with Gasteiger partial charge in [-0.25, -0.2) is 0 Å². The number of rotatable bonds is 2. The fraction of sp³-hybridized carbons (Fsp3) is 0.300. The minimum atomic E-state index is -0.360. The Bertz CT molecular complexity index is 361. The number of aryl methyl sites for hydroxylation is 1. The SMILES string of the molecule is CC(=O)OCc1cc(Br)c(C)cc1O. The fourth-order valence-electron chi connectivity index (χ4n) is 1.00. The van der Waals surface area contributed by atoms with Crippen molar-refractivity contribution in [2.45, 2.75) is 20.5 Å². The molecule has 3 nitrogen and oxygen atoms in total. The van der Waals surface area contributed by atoms with Crippen LogP contribution in [0.25, 0.3) is 0 Å². The molecule has 76 valence electrons. The molecule has 0 amide bonds. The predicted molar refractivity (Wildman–Crippen MR) is 56.0 cm³/mol. The van der Waals surface area contributed by atoms with Crippen molar-refractivity contribution >= 4 is 21.9 Å². The van der Waals surface area contributed by atoms with Crippen LogP contribution in [-0.2, 0) is 16.1 Å². The highest BCUT2D eigenvalue weighted by Gasteiger charge is 2.06. The van der Waals surface area contributed by atoms with Crippen molar-refractivity contribution < 1.29 is 14.6 Å². The van der Waals surface area contributed by atoms with E-state index in [1.54, 1.807) is 12.1 Å². The van der Waals surface area contributed by atoms with Gasteiger partial charge in [-0.05, 0) is 24.6 Å². The molecule has 0 saturated heterocycles. The van der Waals surface area contributed by atoms with Crippen molar-refractivity contribution in [3.05, 3.63) is 27.7 Å². The van der Waals surface area contributed by atoms with E-state index in [0.717, 1.165) is 10.0 Å². The number of carbonyl (C=O) groups is 1. The maximum Gasteiger partial charge on any atom is 0.302 e. The molecule has 0 spiro atoms. The predicted octanol–water partition coefficient (Wildman–Crippen LogP) is 2.53. The summed E-state index contributed by atoms with van der Waals surface area (Å²) in [5.41, 5.74) is 1.53. The molecule has 0 aliphatic carbocycles. The van der Waals surface area contributed by atoms with Crippen LogP contribution in [0.3, 0.4) is 0 Å². The molecule has 1 rings (SSSR count). The van der Waals surface area contributed by atoms with Crippen LogP contribution >= 0.6 is 15.9 Å². The second-order valence-electron chi connectivity index (χ2n) is 3.01. The Balaban J connectivity index is 2.87. The van der Waals surface area contributed by atoms with Gasteiger partial charge in [0, 0.05) is 17.0 Å². The average Bonchev–Trinajstić information content (AvgIpc) is 2.09. The van der Waals surface area contributed by atoms with Crippen LogP contribution in [0.15, 0.2) is 16.6 Å². The first-order chi connectivity index (χ1) is 6.50. The number of aromatic hydroxyl groups is 1. The van der Waals surface area contributed by atoms with Crippen molar-refractivity contribution in [3.8, 4) is 5.75 Å². The van der Waals surface area contributed by atoms with Crippen LogP contribution in [0.5, 0.6) is 5.75 Å². The second kappa shape index (κ2) is 4.46. The lowest BCUT2D eigenvalue weighted by Crippen LogP contribution is -1.99. The number of ether oxygens (including phenoxy) is 1. The molecular weight excluding hydrogens is 248 g/mol. The summed E-state index contributed by atoms with van der Waals surface area (Å²) >= 11 is 3.34. The Morgan fingerprint density at radius 1 is 1.57 bits per heavy atom. The lowest BCUT2D eigenvalue weighted by atomic mass is 10.1. The highest BCUT2D eigenvalue weighted by molar-refractivity contribution is 9.10. The van der Waals surface area contributed by atoms with Crippen LogP contribution in [0.4, 0.5) is 0 Å². The molecule has 0 aliphatic heterocycles. The van der Waals surface area contributed by atoms with Gasteiger partial charge in [-0.2, -0.15) is 0 Å². The maximum absolute atomic E-state index is 10.6. The molecule has 1 aromatic carbocycles. The van der Waals surface area contributed by atoms with Crippen molar-refractivity contribution in [2.24, 2.45) is 0 Å². The van der Waals surface area contributed by atoms with Gasteiger partial charge >= 0.3 is 5.97 Å². The first kappa shape index (κ1) is 11.0. The van der Waals surface area contributed by atoms with E-state index in [0.29, 0.717) is 5.56 Å². The number of hydrogen-bond acceptors (Lipinski definition) is 3. The van der Waals surface area contributed by atoms with Crippen molar-refractivity contribution in [2.75, 3.05) is 0 Å². The number of benzene rings is 1. The van der Waals surface area contributed by atoms with E-state index in [1.807, 2.05) is 6.92 Å². The third kappa shape index (κ3) is 2.73. The molecule has 0 unspecified atom stereocenters. The van der Waals surface area contributed by atoms with Gasteiger partial charge in [0.25, 0.3) is 0 Å². The Labute approximate surface area is 90.8 Å². The maximum atomic E-state index is 10.6. The Hall–Kier alpha value is -1.03. The second-order valence-corrected chi connectivity index (χ2v) is 3.86. The van der Waals surface area contributed by atoms with Gasteiger partial charge < -0.3 is 9.84 Å². The molecule has 0 fully saturated rings. The first-order valence-corrected chi connectivity index (χ1v) is 4.91. The molecule has 0 heterocycles. The zero-order valence-corrected chi connectivity index (χ0v) is 9.59. The first-order valence-electron chi connectivity index (χ1n) is 4.12. The topological polar surface area (TPSA) is 46.5 Å². The fourth-order valence-corrected chi connectivity index (χ4v) is 1.39. The highest BCUT2D eigenvalue weighted by Crippen LogP contribution is 2.26. The molecule has 0 aliphatic rings. The standard InChI is InChI=1S/C10H11BrO3/c1-6-3-10(13)8(4-9(6)11)5-14-7(2)12/h3-4,13H,5H2,1-2H3. The monoisotopic (exact) mass is 258 g/mol. The van der Waals surface area contributed by atoms with E-state index in [4.69, 9.17) is 4.74 Å². The summed E-state index contributed by atoms with van der Waals surface area (Å²) in [6, 6.07) is 3.37. The summed E-state index contributed by atoms with van der Waals surface area (Å²) in [5.74, 6) is -0.215. The summed E-state index contributed by atoms with van der Waals surface area (Å²) < 4.78 is 5.67. The molecule has 14 heavy (non-hydrogen) atoms. The summed E-state index contributed by atoms with van der Waals surface area (Å²) in [5, 5.41) is 9.52. The van der Waals surface area contributed by atoms with Crippen molar-refractivity contribution in [3.63, 3.8) is 0 Å².